The molecule has 1 rings (SSSR count). The molecule has 3 amide bonds. The van der Waals surface area contributed by atoms with Crippen LogP contribution in [0.25, 0.3) is 0 Å². The quantitative estimate of drug-likeness (QED) is 0.735. The first kappa shape index (κ1) is 14.3. The van der Waals surface area contributed by atoms with Crippen LogP contribution in [0.4, 0.5) is 5.13 Å². The zero-order valence-corrected chi connectivity index (χ0v) is 10.9. The summed E-state index contributed by atoms with van der Waals surface area (Å²) >= 11 is 1.21. The van der Waals surface area contributed by atoms with Gasteiger partial charge in [0.2, 0.25) is 5.91 Å². The number of aromatic nitrogens is 1. The van der Waals surface area contributed by atoms with Crippen molar-refractivity contribution >= 4 is 34.2 Å². The molecule has 18 heavy (non-hydrogen) atoms. The van der Waals surface area contributed by atoms with Crippen LogP contribution in [0.1, 0.15) is 12.6 Å². The van der Waals surface area contributed by atoms with E-state index in [1.54, 1.807) is 12.3 Å². The van der Waals surface area contributed by atoms with E-state index < -0.39 is 17.7 Å². The number of rotatable bonds is 3. The number of carbonyl (C=O) groups is 3. The second kappa shape index (κ2) is 6.22. The predicted molar refractivity (Wildman–Crippen MR) is 66.9 cm³/mol. The van der Waals surface area contributed by atoms with E-state index in [4.69, 9.17) is 5.73 Å². The Morgan fingerprint density at radius 3 is 2.61 bits per heavy atom. The number of thiazole rings is 1. The molecule has 1 aromatic rings. The molecular weight excluding hydrogens is 256 g/mol. The van der Waals surface area contributed by atoms with Gasteiger partial charge in [0.15, 0.2) is 5.13 Å². The number of carbonyl (C=O) groups excluding carboxylic acids is 3. The zero-order chi connectivity index (χ0) is 13.7. The summed E-state index contributed by atoms with van der Waals surface area (Å²) in [5.74, 6) is -2.34. The second-order valence-corrected chi connectivity index (χ2v) is 4.37. The van der Waals surface area contributed by atoms with Crippen LogP contribution in [-0.4, -0.2) is 40.7 Å². The van der Waals surface area contributed by atoms with E-state index in [0.29, 0.717) is 5.13 Å². The van der Waals surface area contributed by atoms with Gasteiger partial charge in [-0.2, -0.15) is 0 Å². The predicted octanol–water partition coefficient (Wildman–Crippen LogP) is -0.276. The minimum atomic E-state index is -0.930. The van der Waals surface area contributed by atoms with Gasteiger partial charge in [-0.05, 0) is 6.92 Å². The Kier molecular flexibility index (Phi) is 4.93. The summed E-state index contributed by atoms with van der Waals surface area (Å²) in [5.41, 5.74) is 6.02. The first-order valence-electron chi connectivity index (χ1n) is 5.21. The number of hydrogen-bond acceptors (Lipinski definition) is 6. The maximum atomic E-state index is 11.7. The third-order valence-electron chi connectivity index (χ3n) is 2.01. The molecule has 0 aromatic carbocycles. The van der Waals surface area contributed by atoms with E-state index in [9.17, 15) is 14.4 Å². The van der Waals surface area contributed by atoms with E-state index in [2.05, 4.69) is 10.3 Å². The van der Waals surface area contributed by atoms with Crippen LogP contribution >= 0.6 is 11.3 Å². The van der Waals surface area contributed by atoms with E-state index >= 15 is 0 Å². The number of amides is 3. The molecule has 0 aliphatic heterocycles. The highest BCUT2D eigenvalue weighted by atomic mass is 32.1. The lowest BCUT2D eigenvalue weighted by Gasteiger charge is -2.16. The first-order valence-corrected chi connectivity index (χ1v) is 6.09. The van der Waals surface area contributed by atoms with Crippen molar-refractivity contribution in [1.82, 2.24) is 9.88 Å². The molecule has 98 valence electrons. The van der Waals surface area contributed by atoms with Gasteiger partial charge in [0.05, 0.1) is 5.69 Å². The largest absolute Gasteiger partial charge is 0.329 e. The summed E-state index contributed by atoms with van der Waals surface area (Å²) in [5, 5.41) is 4.40. The Morgan fingerprint density at radius 1 is 1.50 bits per heavy atom. The third kappa shape index (κ3) is 3.60. The van der Waals surface area contributed by atoms with Gasteiger partial charge in [-0.1, -0.05) is 0 Å². The third-order valence-corrected chi connectivity index (χ3v) is 2.89. The summed E-state index contributed by atoms with van der Waals surface area (Å²) < 4.78 is 0. The molecule has 0 saturated carbocycles. The van der Waals surface area contributed by atoms with Gasteiger partial charge in [-0.3, -0.25) is 24.6 Å². The molecule has 0 atom stereocenters. The summed E-state index contributed by atoms with van der Waals surface area (Å²) in [7, 11) is 0. The molecule has 0 spiro atoms. The summed E-state index contributed by atoms with van der Waals surface area (Å²) in [6.07, 6.45) is 0. The molecule has 1 heterocycles. The first-order chi connectivity index (χ1) is 8.45. The monoisotopic (exact) mass is 270 g/mol. The molecule has 3 N–H and O–H groups in total. The highest BCUT2D eigenvalue weighted by Gasteiger charge is 2.25. The molecule has 7 nitrogen and oxygen atoms in total. The Hall–Kier alpha value is -1.80. The number of nitrogens with zero attached hydrogens (tertiary/aromatic N) is 2. The van der Waals surface area contributed by atoms with Crippen LogP contribution in [-0.2, 0) is 14.4 Å². The van der Waals surface area contributed by atoms with Gasteiger partial charge in [-0.15, -0.1) is 11.3 Å². The van der Waals surface area contributed by atoms with Crippen molar-refractivity contribution in [1.29, 1.82) is 0 Å². The molecule has 0 unspecified atom stereocenters. The molecule has 0 aliphatic carbocycles. The van der Waals surface area contributed by atoms with E-state index in [0.717, 1.165) is 10.6 Å². The maximum Gasteiger partial charge on any atom is 0.318 e. The van der Waals surface area contributed by atoms with Gasteiger partial charge in [0.1, 0.15) is 0 Å². The zero-order valence-electron chi connectivity index (χ0n) is 10.1. The van der Waals surface area contributed by atoms with Gasteiger partial charge in [0.25, 0.3) is 0 Å². The summed E-state index contributed by atoms with van der Waals surface area (Å²) in [4.78, 5) is 39.3. The molecule has 0 radical (unpaired) electrons. The van der Waals surface area contributed by atoms with Crippen LogP contribution in [0, 0.1) is 6.92 Å². The van der Waals surface area contributed by atoms with Crippen LogP contribution < -0.4 is 11.1 Å². The Bertz CT molecular complexity index is 471. The topological polar surface area (TPSA) is 105 Å². The van der Waals surface area contributed by atoms with Crippen LogP contribution in [0.5, 0.6) is 0 Å². The molecule has 1 aromatic heterocycles. The van der Waals surface area contributed by atoms with Crippen LogP contribution in [0.15, 0.2) is 5.38 Å². The Morgan fingerprint density at radius 2 is 2.17 bits per heavy atom. The smallest absolute Gasteiger partial charge is 0.318 e. The van der Waals surface area contributed by atoms with Crippen molar-refractivity contribution in [2.75, 3.05) is 18.4 Å². The number of anilines is 1. The average Bonchev–Trinajstić information content (AvgIpc) is 2.70. The van der Waals surface area contributed by atoms with E-state index in [1.807, 2.05) is 0 Å². The van der Waals surface area contributed by atoms with Gasteiger partial charge in [-0.25, -0.2) is 4.98 Å². The number of nitrogens with two attached hydrogens (primary N) is 1. The second-order valence-electron chi connectivity index (χ2n) is 3.51. The maximum absolute atomic E-state index is 11.7. The van der Waals surface area contributed by atoms with Crippen LogP contribution in [0.3, 0.4) is 0 Å². The SMILES string of the molecule is CC(=O)N(CCN)C(=O)C(=O)Nc1nc(C)cs1. The lowest BCUT2D eigenvalue weighted by molar-refractivity contribution is -0.149. The normalized spacial score (nSPS) is 9.94. The lowest BCUT2D eigenvalue weighted by atomic mass is 10.4. The summed E-state index contributed by atoms with van der Waals surface area (Å²) in [6.45, 7) is 3.09. The summed E-state index contributed by atoms with van der Waals surface area (Å²) in [6, 6.07) is 0. The van der Waals surface area contributed by atoms with Crippen molar-refractivity contribution in [2.24, 2.45) is 5.73 Å². The molecule has 0 bridgehead atoms. The van der Waals surface area contributed by atoms with Gasteiger partial charge >= 0.3 is 11.8 Å². The van der Waals surface area contributed by atoms with E-state index in [-0.39, 0.29) is 13.1 Å². The van der Waals surface area contributed by atoms with Crippen LogP contribution in [0.2, 0.25) is 0 Å². The molecule has 0 aliphatic rings. The minimum Gasteiger partial charge on any atom is -0.329 e. The standard InChI is InChI=1S/C10H14N4O3S/c1-6-5-18-10(12-6)13-8(16)9(17)14(4-3-11)7(2)15/h5H,3-4,11H2,1-2H3,(H,12,13,16). The highest BCUT2D eigenvalue weighted by molar-refractivity contribution is 7.14. The van der Waals surface area contributed by atoms with Crippen molar-refractivity contribution in [3.05, 3.63) is 11.1 Å². The number of aryl methyl sites for hydroxylation is 1. The number of imide groups is 1. The molecule has 8 heteroatoms. The Balaban J connectivity index is 2.70. The molecule has 0 saturated heterocycles. The average molecular weight is 270 g/mol. The van der Waals surface area contributed by atoms with Gasteiger partial charge < -0.3 is 5.73 Å². The van der Waals surface area contributed by atoms with Crippen molar-refractivity contribution in [3.63, 3.8) is 0 Å². The fourth-order valence-electron chi connectivity index (χ4n) is 1.22. The van der Waals surface area contributed by atoms with Gasteiger partial charge in [0, 0.05) is 25.4 Å². The number of nitrogens with one attached hydrogen (secondary N) is 1. The fraction of sp³-hybridized carbons (Fsp3) is 0.400. The fourth-order valence-corrected chi connectivity index (χ4v) is 1.90. The molecular formula is C10H14N4O3S. The lowest BCUT2D eigenvalue weighted by Crippen LogP contribution is -2.44. The number of hydrogen-bond donors (Lipinski definition) is 2. The van der Waals surface area contributed by atoms with Crippen molar-refractivity contribution < 1.29 is 14.4 Å². The Labute approximate surface area is 108 Å². The highest BCUT2D eigenvalue weighted by Crippen LogP contribution is 2.14. The van der Waals surface area contributed by atoms with E-state index in [1.165, 1.54) is 18.3 Å². The minimum absolute atomic E-state index is 0.0124. The van der Waals surface area contributed by atoms with Crippen molar-refractivity contribution in [3.8, 4) is 0 Å². The van der Waals surface area contributed by atoms with Crippen molar-refractivity contribution in [2.45, 2.75) is 13.8 Å². The molecule has 0 fully saturated rings.